The molecule has 0 aliphatic heterocycles. The smallest absolute Gasteiger partial charge is 0.216 e. The first-order valence-corrected chi connectivity index (χ1v) is 5.75. The van der Waals surface area contributed by atoms with Gasteiger partial charge in [0.15, 0.2) is 0 Å². The van der Waals surface area contributed by atoms with Crippen LogP contribution >= 0.6 is 0 Å². The summed E-state index contributed by atoms with van der Waals surface area (Å²) in [6, 6.07) is 0.636. The molecule has 1 aromatic rings. The Morgan fingerprint density at radius 2 is 2.19 bits per heavy atom. The molecule has 2 rings (SSSR count). The maximum atomic E-state index is 5.36. The second-order valence-electron chi connectivity index (χ2n) is 5.32. The number of aromatic nitrogens is 2. The summed E-state index contributed by atoms with van der Waals surface area (Å²) in [7, 11) is 3.61. The number of nitrogens with one attached hydrogen (secondary N) is 1. The Bertz CT molecular complexity index is 395. The zero-order valence-electron chi connectivity index (χ0n) is 10.8. The molecule has 1 aromatic heterocycles. The molecule has 16 heavy (non-hydrogen) atoms. The monoisotopic (exact) mass is 223 g/mol. The average Bonchev–Trinajstić information content (AvgIpc) is 2.69. The normalized spacial score (nSPS) is 22.2. The molecule has 1 fully saturated rings. The fourth-order valence-corrected chi connectivity index (χ4v) is 2.18. The summed E-state index contributed by atoms with van der Waals surface area (Å²) >= 11 is 0. The molecule has 1 unspecified atom stereocenters. The molecule has 0 bridgehead atoms. The topological polar surface area (TPSA) is 39.1 Å². The molecule has 4 heteroatoms. The summed E-state index contributed by atoms with van der Waals surface area (Å²) in [4.78, 5) is 0. The number of ether oxygens (including phenoxy) is 1. The summed E-state index contributed by atoms with van der Waals surface area (Å²) in [5, 5.41) is 7.93. The third-order valence-corrected chi connectivity index (χ3v) is 3.52. The van der Waals surface area contributed by atoms with Crippen molar-refractivity contribution in [2.75, 3.05) is 7.11 Å². The fourth-order valence-electron chi connectivity index (χ4n) is 2.18. The van der Waals surface area contributed by atoms with E-state index in [-0.39, 0.29) is 0 Å². The van der Waals surface area contributed by atoms with Gasteiger partial charge in [0.2, 0.25) is 5.88 Å². The summed E-state index contributed by atoms with van der Waals surface area (Å²) < 4.78 is 7.16. The second kappa shape index (κ2) is 3.77. The van der Waals surface area contributed by atoms with Crippen LogP contribution in [0.25, 0.3) is 0 Å². The van der Waals surface area contributed by atoms with E-state index < -0.39 is 0 Å². The van der Waals surface area contributed by atoms with E-state index in [1.807, 2.05) is 14.0 Å². The van der Waals surface area contributed by atoms with Crippen LogP contribution in [0.15, 0.2) is 0 Å². The van der Waals surface area contributed by atoms with Crippen LogP contribution < -0.4 is 10.1 Å². The van der Waals surface area contributed by atoms with Gasteiger partial charge in [-0.15, -0.1) is 0 Å². The molecule has 1 N–H and O–H groups in total. The summed E-state index contributed by atoms with van der Waals surface area (Å²) in [5.41, 5.74) is 2.68. The highest BCUT2D eigenvalue weighted by Gasteiger charge is 2.45. The molecule has 4 nitrogen and oxygen atoms in total. The Kier molecular flexibility index (Phi) is 2.70. The highest BCUT2D eigenvalue weighted by Crippen LogP contribution is 2.44. The van der Waals surface area contributed by atoms with E-state index in [9.17, 15) is 0 Å². The number of hydrogen-bond donors (Lipinski definition) is 1. The van der Waals surface area contributed by atoms with Crippen molar-refractivity contribution in [2.45, 2.75) is 39.8 Å². The predicted octanol–water partition coefficient (Wildman–Crippen LogP) is 1.63. The zero-order chi connectivity index (χ0) is 11.9. The van der Waals surface area contributed by atoms with Gasteiger partial charge in [-0.1, -0.05) is 13.8 Å². The van der Waals surface area contributed by atoms with E-state index >= 15 is 0 Å². The van der Waals surface area contributed by atoms with E-state index in [1.54, 1.807) is 11.8 Å². The second-order valence-corrected chi connectivity index (χ2v) is 5.32. The molecule has 0 amide bonds. The molecule has 90 valence electrons. The van der Waals surface area contributed by atoms with Crippen molar-refractivity contribution in [3.05, 3.63) is 11.3 Å². The van der Waals surface area contributed by atoms with Crippen molar-refractivity contribution >= 4 is 0 Å². The molecular formula is C12H21N3O. The van der Waals surface area contributed by atoms with Crippen LogP contribution in [0.1, 0.15) is 31.5 Å². The van der Waals surface area contributed by atoms with Gasteiger partial charge in [-0.3, -0.25) is 0 Å². The minimum atomic E-state index is 0.462. The number of hydrogen-bond acceptors (Lipinski definition) is 3. The van der Waals surface area contributed by atoms with Gasteiger partial charge in [0.05, 0.1) is 18.4 Å². The summed E-state index contributed by atoms with van der Waals surface area (Å²) in [6.45, 7) is 7.45. The molecule has 0 aromatic carbocycles. The first kappa shape index (κ1) is 11.5. The van der Waals surface area contributed by atoms with Gasteiger partial charge in [-0.05, 0) is 18.8 Å². The molecule has 1 heterocycles. The Balaban J connectivity index is 2.04. The fraction of sp³-hybridized carbons (Fsp3) is 0.750. The van der Waals surface area contributed by atoms with Crippen molar-refractivity contribution in [2.24, 2.45) is 12.5 Å². The SMILES string of the molecule is COc1c(CNC2CC2(C)C)c(C)nn1C. The third kappa shape index (κ3) is 1.94. The van der Waals surface area contributed by atoms with Crippen LogP contribution in [-0.4, -0.2) is 22.9 Å². The van der Waals surface area contributed by atoms with Crippen LogP contribution in [0.5, 0.6) is 5.88 Å². The molecule has 0 saturated heterocycles. The van der Waals surface area contributed by atoms with E-state index in [4.69, 9.17) is 4.74 Å². The van der Waals surface area contributed by atoms with E-state index in [2.05, 4.69) is 24.3 Å². The molecule has 1 aliphatic carbocycles. The lowest BCUT2D eigenvalue weighted by Gasteiger charge is -2.08. The van der Waals surface area contributed by atoms with Crippen LogP contribution in [0.4, 0.5) is 0 Å². The third-order valence-electron chi connectivity index (χ3n) is 3.52. The van der Waals surface area contributed by atoms with Crippen molar-refractivity contribution in [1.82, 2.24) is 15.1 Å². The summed E-state index contributed by atoms with van der Waals surface area (Å²) in [6.07, 6.45) is 1.26. The van der Waals surface area contributed by atoms with Gasteiger partial charge >= 0.3 is 0 Å². The number of rotatable bonds is 4. The van der Waals surface area contributed by atoms with Crippen molar-refractivity contribution in [1.29, 1.82) is 0 Å². The van der Waals surface area contributed by atoms with Crippen LogP contribution in [0.2, 0.25) is 0 Å². The highest BCUT2D eigenvalue weighted by molar-refractivity contribution is 5.31. The van der Waals surface area contributed by atoms with Crippen molar-refractivity contribution in [3.63, 3.8) is 0 Å². The first-order chi connectivity index (χ1) is 7.45. The van der Waals surface area contributed by atoms with E-state index in [0.29, 0.717) is 11.5 Å². The Morgan fingerprint density at radius 1 is 1.56 bits per heavy atom. The standard InChI is InChI=1S/C12H21N3O/c1-8-9(11(16-5)15(4)14-8)7-13-10-6-12(10,2)3/h10,13H,6-7H2,1-5H3. The first-order valence-electron chi connectivity index (χ1n) is 5.75. The van der Waals surface area contributed by atoms with E-state index in [1.165, 1.54) is 12.0 Å². The maximum Gasteiger partial charge on any atom is 0.216 e. The average molecular weight is 223 g/mol. The summed E-state index contributed by atoms with van der Waals surface area (Å²) in [5.74, 6) is 0.864. The van der Waals surface area contributed by atoms with Crippen molar-refractivity contribution in [3.8, 4) is 5.88 Å². The largest absolute Gasteiger partial charge is 0.481 e. The molecule has 0 spiro atoms. The van der Waals surface area contributed by atoms with Gasteiger partial charge in [0.1, 0.15) is 0 Å². The minimum Gasteiger partial charge on any atom is -0.481 e. The number of nitrogens with zero attached hydrogens (tertiary/aromatic N) is 2. The Morgan fingerprint density at radius 3 is 2.69 bits per heavy atom. The lowest BCUT2D eigenvalue weighted by molar-refractivity contribution is 0.367. The van der Waals surface area contributed by atoms with Gasteiger partial charge in [0.25, 0.3) is 0 Å². The minimum absolute atomic E-state index is 0.462. The van der Waals surface area contributed by atoms with Crippen LogP contribution in [-0.2, 0) is 13.6 Å². The number of aryl methyl sites for hydroxylation is 2. The van der Waals surface area contributed by atoms with Gasteiger partial charge < -0.3 is 10.1 Å². The van der Waals surface area contributed by atoms with E-state index in [0.717, 1.165) is 18.1 Å². The van der Waals surface area contributed by atoms with Crippen molar-refractivity contribution < 1.29 is 4.74 Å². The molecular weight excluding hydrogens is 202 g/mol. The maximum absolute atomic E-state index is 5.36. The highest BCUT2D eigenvalue weighted by atomic mass is 16.5. The Labute approximate surface area is 97.0 Å². The quantitative estimate of drug-likeness (QED) is 0.843. The number of methoxy groups -OCH3 is 1. The molecule has 0 radical (unpaired) electrons. The van der Waals surface area contributed by atoms with Crippen LogP contribution in [0.3, 0.4) is 0 Å². The molecule has 1 saturated carbocycles. The van der Waals surface area contributed by atoms with Gasteiger partial charge in [-0.25, -0.2) is 4.68 Å². The Hall–Kier alpha value is -1.03. The molecule has 1 aliphatic rings. The van der Waals surface area contributed by atoms with Gasteiger partial charge in [-0.2, -0.15) is 5.10 Å². The zero-order valence-corrected chi connectivity index (χ0v) is 10.8. The lowest BCUT2D eigenvalue weighted by Crippen LogP contribution is -2.20. The van der Waals surface area contributed by atoms with Gasteiger partial charge in [0, 0.05) is 19.6 Å². The predicted molar refractivity (Wildman–Crippen MR) is 63.5 cm³/mol. The van der Waals surface area contributed by atoms with Crippen LogP contribution in [0, 0.1) is 12.3 Å². The molecule has 1 atom stereocenters. The lowest BCUT2D eigenvalue weighted by atomic mass is 10.2.